The van der Waals surface area contributed by atoms with Crippen molar-refractivity contribution < 1.29 is 30.8 Å². The molecule has 0 radical (unpaired) electrons. The molecule has 0 amide bonds. The van der Waals surface area contributed by atoms with Crippen molar-refractivity contribution in [3.63, 3.8) is 0 Å². The summed E-state index contributed by atoms with van der Waals surface area (Å²) in [6.07, 6.45) is 1.74. The fourth-order valence-electron chi connectivity index (χ4n) is 8.85. The summed E-state index contributed by atoms with van der Waals surface area (Å²) in [5, 5.41) is 0. The molecule has 0 saturated heterocycles. The van der Waals surface area contributed by atoms with Crippen LogP contribution in [0.15, 0.2) is 190 Å². The van der Waals surface area contributed by atoms with E-state index in [1.807, 2.05) is 78.9 Å². The van der Waals surface area contributed by atoms with Gasteiger partial charge < -0.3 is 17.3 Å². The Hall–Kier alpha value is -5.61. The second-order valence-electron chi connectivity index (χ2n) is 18.0. The number of benzene rings is 6. The Morgan fingerprint density at radius 1 is 0.516 bits per heavy atom. The predicted molar refractivity (Wildman–Crippen MR) is 257 cm³/mol. The molecule has 4 heterocycles. The third kappa shape index (κ3) is 7.35. The molecule has 8 aromatic rings. The Morgan fingerprint density at radius 2 is 0.969 bits per heavy atom. The first-order chi connectivity index (χ1) is 29.9. The predicted octanol–water partition coefficient (Wildman–Crippen LogP) is 13.2. The molecule has 0 fully saturated rings. The van der Waals surface area contributed by atoms with Crippen molar-refractivity contribution in [1.82, 2.24) is 9.97 Å². The van der Waals surface area contributed by atoms with Crippen LogP contribution in [0.25, 0.3) is 0 Å². The van der Waals surface area contributed by atoms with E-state index in [0.29, 0.717) is 10.7 Å². The second-order valence-corrected chi connectivity index (χ2v) is 20.8. The van der Waals surface area contributed by atoms with Crippen molar-refractivity contribution in [2.75, 3.05) is 9.80 Å². The summed E-state index contributed by atoms with van der Waals surface area (Å²) in [4.78, 5) is 17.9. The second kappa shape index (κ2) is 17.1. The fraction of sp³-hybridized carbons (Fsp3) is 0.164. The summed E-state index contributed by atoms with van der Waals surface area (Å²) >= 11 is 0. The summed E-state index contributed by atoms with van der Waals surface area (Å²) in [7, 11) is -2.76. The summed E-state index contributed by atoms with van der Waals surface area (Å²) in [5.74, 6) is 1.36. The van der Waals surface area contributed by atoms with Crippen molar-refractivity contribution in [3.8, 4) is 0 Å². The first-order valence-corrected chi connectivity index (χ1v) is 23.2. The minimum atomic E-state index is -1.39. The molecule has 10 rings (SSSR count). The number of nitrogens with zero attached hydrogens (tertiary/aromatic N) is 4. The fourth-order valence-corrected chi connectivity index (χ4v) is 11.5. The van der Waals surface area contributed by atoms with Crippen LogP contribution in [0, 0.1) is 13.5 Å². The topological polar surface area (TPSA) is 67.6 Å². The van der Waals surface area contributed by atoms with E-state index in [-0.39, 0.29) is 40.6 Å². The van der Waals surface area contributed by atoms with Gasteiger partial charge in [0.25, 0.3) is 0 Å². The van der Waals surface area contributed by atoms with Gasteiger partial charge in [0.15, 0.2) is 0 Å². The van der Waals surface area contributed by atoms with E-state index in [9.17, 15) is 8.42 Å². The van der Waals surface area contributed by atoms with Gasteiger partial charge >= 0.3 is 22.4 Å². The van der Waals surface area contributed by atoms with Crippen LogP contribution < -0.4 is 14.8 Å². The molecule has 0 N–H and O–H groups in total. The molecule has 2 aliphatic rings. The number of para-hydroxylation sites is 3. The van der Waals surface area contributed by atoms with Crippen molar-refractivity contribution in [2.24, 2.45) is 0 Å². The van der Waals surface area contributed by atoms with Gasteiger partial charge in [-0.1, -0.05) is 151 Å². The third-order valence-electron chi connectivity index (χ3n) is 12.0. The van der Waals surface area contributed by atoms with E-state index in [4.69, 9.17) is 9.97 Å². The zero-order valence-electron chi connectivity index (χ0n) is 36.9. The maximum absolute atomic E-state index is 14.2. The molecule has 1 atom stereocenters. The molecular weight excluding hydrogens is 1010 g/mol. The standard InChI is InChI=1S/C54H46N4O2S2.CH3.Au/c1-52(2,3)38-31-40(33-41(32-38)57-42-23-13-16-26-45(42)62(60)48-29-30-55-51(48)57)54(36-19-9-7-10-20-36,37-21-11-8-12-22-37)49-34-39(53(4,5)6)35-50(56-49)58-43-24-14-17-27-46(43)61(59)47-28-18-15-25-44(47)58;;/h7-32,34-35H,1-6H3;1H3;/q-2;-1;+3. The van der Waals surface area contributed by atoms with E-state index in [0.717, 1.165) is 76.8 Å². The zero-order valence-corrected chi connectivity index (χ0v) is 40.7. The van der Waals surface area contributed by atoms with Crippen molar-refractivity contribution >= 4 is 56.0 Å². The third-order valence-corrected chi connectivity index (χ3v) is 15.0. The number of hydrogen-bond acceptors (Lipinski definition) is 5. The first kappa shape index (κ1) is 45.0. The number of hydrogen-bond donors (Lipinski definition) is 0. The maximum Gasteiger partial charge on any atom is 3.00 e. The average Bonchev–Trinajstić information content (AvgIpc) is 3.77. The zero-order chi connectivity index (χ0) is 43.0. The van der Waals surface area contributed by atoms with Crippen molar-refractivity contribution in [1.29, 1.82) is 0 Å². The van der Waals surface area contributed by atoms with E-state index >= 15 is 0 Å². The van der Waals surface area contributed by atoms with Crippen molar-refractivity contribution in [3.05, 3.63) is 217 Å². The van der Waals surface area contributed by atoms with Crippen molar-refractivity contribution in [2.45, 2.75) is 77.4 Å². The molecule has 64 heavy (non-hydrogen) atoms. The molecule has 0 spiro atoms. The van der Waals surface area contributed by atoms with Gasteiger partial charge in [-0.05, 0) is 87.6 Å². The van der Waals surface area contributed by atoms with Crippen LogP contribution in [-0.4, -0.2) is 13.4 Å². The van der Waals surface area contributed by atoms with Gasteiger partial charge in [0.1, 0.15) is 5.82 Å². The number of fused-ring (bicyclic) bond motifs is 4. The van der Waals surface area contributed by atoms with Crippen LogP contribution in [0.4, 0.5) is 34.4 Å². The normalized spacial score (nSPS) is 14.6. The van der Waals surface area contributed by atoms with Crippen LogP contribution in [0.3, 0.4) is 0 Å². The van der Waals surface area contributed by atoms with Crippen LogP contribution in [0.1, 0.15) is 75.1 Å². The minimum absolute atomic E-state index is 0. The Kier molecular flexibility index (Phi) is 12.0. The molecule has 2 aliphatic heterocycles. The van der Waals surface area contributed by atoms with Gasteiger partial charge in [0.05, 0.1) is 53.9 Å². The Labute approximate surface area is 398 Å². The minimum Gasteiger partial charge on any atom is -0.441 e. The van der Waals surface area contributed by atoms with E-state index in [1.54, 1.807) is 6.20 Å². The molecule has 6 aromatic carbocycles. The molecular formula is C55H49AuN4O2S2. The number of rotatable bonds is 6. The summed E-state index contributed by atoms with van der Waals surface area (Å²) < 4.78 is 28.2. The van der Waals surface area contributed by atoms with Crippen LogP contribution in [0.2, 0.25) is 0 Å². The summed E-state index contributed by atoms with van der Waals surface area (Å²) in [6.45, 7) is 13.4. The van der Waals surface area contributed by atoms with Gasteiger partial charge in [0.2, 0.25) is 0 Å². The summed E-state index contributed by atoms with van der Waals surface area (Å²) in [5.41, 5.74) is 7.64. The van der Waals surface area contributed by atoms with Gasteiger partial charge in [-0.25, -0.2) is 13.4 Å². The number of pyridine rings is 1. The molecule has 324 valence electrons. The van der Waals surface area contributed by atoms with E-state index < -0.39 is 27.0 Å². The van der Waals surface area contributed by atoms with Crippen LogP contribution in [-0.2, 0) is 60.2 Å². The Bertz CT molecular complexity index is 2970. The first-order valence-electron chi connectivity index (χ1n) is 20.9. The van der Waals surface area contributed by atoms with Crippen LogP contribution >= 0.6 is 0 Å². The summed E-state index contributed by atoms with van der Waals surface area (Å²) in [6, 6.07) is 59.9. The molecule has 0 bridgehead atoms. The quantitative estimate of drug-likeness (QED) is 0.0939. The van der Waals surface area contributed by atoms with E-state index in [1.165, 1.54) is 0 Å². The molecule has 2 aromatic heterocycles. The SMILES string of the molecule is CC(C)(C)c1cc(N2c3ccccc3S(=O)c3cc[n-]c32)[c-]c(C(c2ccccc2)(c2ccccc2)c2cc(C(C)(C)C)cc(N3c4ccccc4S(=O)c4ccccc43)n2)c1.[Au+3].[CH3-]. The van der Waals surface area contributed by atoms with Gasteiger partial charge in [-0.3, -0.25) is 4.90 Å². The van der Waals surface area contributed by atoms with Gasteiger partial charge in [-0.2, -0.15) is 29.4 Å². The largest absolute Gasteiger partial charge is 3.00 e. The van der Waals surface area contributed by atoms with E-state index in [2.05, 4.69) is 142 Å². The molecule has 0 aliphatic carbocycles. The smallest absolute Gasteiger partial charge is 0.441 e. The Morgan fingerprint density at radius 3 is 1.48 bits per heavy atom. The van der Waals surface area contributed by atoms with Gasteiger partial charge in [-0.15, -0.1) is 5.56 Å². The average molecular weight is 1060 g/mol. The molecule has 9 heteroatoms. The molecule has 6 nitrogen and oxygen atoms in total. The monoisotopic (exact) mass is 1060 g/mol. The van der Waals surface area contributed by atoms with Gasteiger partial charge in [0, 0.05) is 9.79 Å². The molecule has 1 unspecified atom stereocenters. The Balaban J connectivity index is 0.00000280. The number of aromatic nitrogens is 2. The molecule has 0 saturated carbocycles. The number of anilines is 6. The maximum atomic E-state index is 14.2. The van der Waals surface area contributed by atoms with Crippen LogP contribution in [0.5, 0.6) is 0 Å².